The number of hydrogen-bond acceptors (Lipinski definition) is 5. The van der Waals surface area contributed by atoms with E-state index in [-0.39, 0.29) is 5.82 Å². The van der Waals surface area contributed by atoms with Crippen molar-refractivity contribution in [1.29, 1.82) is 5.26 Å². The number of nitrogens with one attached hydrogen (secondary N) is 1. The van der Waals surface area contributed by atoms with Gasteiger partial charge in [-0.3, -0.25) is 9.78 Å². The first-order valence-electron chi connectivity index (χ1n) is 10.9. The quantitative estimate of drug-likeness (QED) is 0.280. The number of anilines is 2. The van der Waals surface area contributed by atoms with E-state index in [2.05, 4.69) is 32.3 Å². The molecular weight excluding hydrogens is 509 g/mol. The smallest absolute Gasteiger partial charge is 0.214 e. The van der Waals surface area contributed by atoms with E-state index in [1.165, 1.54) is 12.1 Å². The molecule has 4 rings (SSSR count). The average Bonchev–Trinajstić information content (AvgIpc) is 2.88. The Hall–Kier alpha value is -4.09. The molecule has 6 nitrogen and oxygen atoms in total. The Morgan fingerprint density at radius 2 is 1.91 bits per heavy atom. The number of benzene rings is 2. The van der Waals surface area contributed by atoms with Gasteiger partial charge in [0, 0.05) is 29.0 Å². The fourth-order valence-electron chi connectivity index (χ4n) is 3.69. The summed E-state index contributed by atoms with van der Waals surface area (Å²) in [7, 11) is 0. The van der Waals surface area contributed by atoms with Gasteiger partial charge in [-0.25, -0.2) is 9.37 Å². The van der Waals surface area contributed by atoms with E-state index in [1.54, 1.807) is 35.5 Å². The van der Waals surface area contributed by atoms with E-state index in [4.69, 9.17) is 4.98 Å². The number of nitrogens with zero attached hydrogens (tertiary/aromatic N) is 4. The number of carbonyl (C=O) groups is 1. The molecule has 0 aliphatic rings. The molecular formula is C27H21BrFN5O. The van der Waals surface area contributed by atoms with Crippen molar-refractivity contribution in [2.24, 2.45) is 0 Å². The third-order valence-corrected chi connectivity index (χ3v) is 5.97. The van der Waals surface area contributed by atoms with Crippen molar-refractivity contribution in [1.82, 2.24) is 9.97 Å². The van der Waals surface area contributed by atoms with E-state index in [0.29, 0.717) is 52.3 Å². The predicted molar refractivity (Wildman–Crippen MR) is 137 cm³/mol. The lowest BCUT2D eigenvalue weighted by Crippen LogP contribution is -2.23. The van der Waals surface area contributed by atoms with Gasteiger partial charge < -0.3 is 10.2 Å². The number of rotatable bonds is 9. The van der Waals surface area contributed by atoms with E-state index < -0.39 is 0 Å². The first kappa shape index (κ1) is 24.0. The normalized spacial score (nSPS) is 10.4. The number of nitriles is 1. The Kier molecular flexibility index (Phi) is 7.81. The molecule has 0 saturated heterocycles. The Morgan fingerprint density at radius 1 is 1.09 bits per heavy atom. The molecule has 0 atom stereocenters. The number of aromatic nitrogens is 2. The van der Waals surface area contributed by atoms with Crippen LogP contribution in [0.25, 0.3) is 11.3 Å². The van der Waals surface area contributed by atoms with Crippen molar-refractivity contribution in [3.05, 3.63) is 106 Å². The molecule has 2 heterocycles. The molecule has 174 valence electrons. The van der Waals surface area contributed by atoms with Gasteiger partial charge >= 0.3 is 0 Å². The summed E-state index contributed by atoms with van der Waals surface area (Å²) in [6, 6.07) is 21.3. The topological polar surface area (TPSA) is 81.9 Å². The van der Waals surface area contributed by atoms with Crippen molar-refractivity contribution in [2.45, 2.75) is 13.0 Å². The van der Waals surface area contributed by atoms with Crippen LogP contribution in [-0.2, 0) is 17.8 Å². The maximum absolute atomic E-state index is 13.6. The minimum atomic E-state index is -0.288. The van der Waals surface area contributed by atoms with E-state index >= 15 is 0 Å². The molecule has 2 aromatic carbocycles. The summed E-state index contributed by atoms with van der Waals surface area (Å²) >= 11 is 3.58. The summed E-state index contributed by atoms with van der Waals surface area (Å²) in [6.07, 6.45) is 4.68. The highest BCUT2D eigenvalue weighted by Crippen LogP contribution is 2.36. The molecule has 0 aliphatic heterocycles. The highest BCUT2D eigenvalue weighted by atomic mass is 79.9. The highest BCUT2D eigenvalue weighted by Gasteiger charge is 2.19. The summed E-state index contributed by atoms with van der Waals surface area (Å²) in [4.78, 5) is 22.6. The standard InChI is InChI=1S/C27H21BrFN5O/c28-24-14-25(34(18-35)17-20-6-4-11-31-16-20)27(32-12-10-19-5-3-8-22(29)13-19)33-26(24)23-9-2-1-7-21(23)15-30/h1-9,11,13-14,16,18H,10,12,17H2,(H,32,33). The first-order chi connectivity index (χ1) is 17.1. The van der Waals surface area contributed by atoms with Crippen LogP contribution in [0.1, 0.15) is 16.7 Å². The number of hydrogen-bond donors (Lipinski definition) is 1. The molecule has 0 saturated carbocycles. The molecule has 1 amide bonds. The van der Waals surface area contributed by atoms with Crippen LogP contribution in [-0.4, -0.2) is 22.9 Å². The van der Waals surface area contributed by atoms with Gasteiger partial charge in [-0.1, -0.05) is 36.4 Å². The first-order valence-corrected chi connectivity index (χ1v) is 11.7. The zero-order valence-electron chi connectivity index (χ0n) is 18.7. The second-order valence-corrected chi connectivity index (χ2v) is 8.60. The van der Waals surface area contributed by atoms with Crippen molar-refractivity contribution in [3.8, 4) is 17.3 Å². The van der Waals surface area contributed by atoms with Crippen LogP contribution in [0.2, 0.25) is 0 Å². The average molecular weight is 530 g/mol. The second-order valence-electron chi connectivity index (χ2n) is 7.75. The van der Waals surface area contributed by atoms with Crippen LogP contribution in [0.4, 0.5) is 15.9 Å². The van der Waals surface area contributed by atoms with Crippen molar-refractivity contribution in [2.75, 3.05) is 16.8 Å². The lowest BCUT2D eigenvalue weighted by Gasteiger charge is -2.22. The number of carbonyl (C=O) groups excluding carboxylic acids is 1. The molecule has 35 heavy (non-hydrogen) atoms. The van der Waals surface area contributed by atoms with Crippen LogP contribution in [0.15, 0.2) is 83.6 Å². The van der Waals surface area contributed by atoms with Gasteiger partial charge in [-0.2, -0.15) is 5.26 Å². The lowest BCUT2D eigenvalue weighted by atomic mass is 10.0. The van der Waals surface area contributed by atoms with Crippen LogP contribution in [0.5, 0.6) is 0 Å². The van der Waals surface area contributed by atoms with Gasteiger partial charge in [0.15, 0.2) is 5.82 Å². The minimum Gasteiger partial charge on any atom is -0.368 e. The van der Waals surface area contributed by atoms with Crippen LogP contribution in [0.3, 0.4) is 0 Å². The molecule has 0 fully saturated rings. The van der Waals surface area contributed by atoms with Gasteiger partial charge in [-0.05, 0) is 63.8 Å². The van der Waals surface area contributed by atoms with E-state index in [9.17, 15) is 14.4 Å². The summed E-state index contributed by atoms with van der Waals surface area (Å²) < 4.78 is 14.2. The minimum absolute atomic E-state index is 0.288. The van der Waals surface area contributed by atoms with Crippen molar-refractivity contribution >= 4 is 33.8 Å². The lowest BCUT2D eigenvalue weighted by molar-refractivity contribution is -0.107. The SMILES string of the molecule is N#Cc1ccccc1-c1nc(NCCc2cccc(F)c2)c(N(C=O)Cc2cccnc2)cc1Br. The largest absolute Gasteiger partial charge is 0.368 e. The van der Waals surface area contributed by atoms with Gasteiger partial charge in [0.05, 0.1) is 29.6 Å². The Bertz CT molecular complexity index is 1370. The van der Waals surface area contributed by atoms with E-state index in [1.807, 2.05) is 36.4 Å². The summed E-state index contributed by atoms with van der Waals surface area (Å²) in [5, 5.41) is 12.9. The third kappa shape index (κ3) is 5.89. The van der Waals surface area contributed by atoms with Crippen LogP contribution < -0.4 is 10.2 Å². The highest BCUT2D eigenvalue weighted by molar-refractivity contribution is 9.10. The zero-order chi connectivity index (χ0) is 24.6. The van der Waals surface area contributed by atoms with Gasteiger partial charge in [0.2, 0.25) is 6.41 Å². The number of halogens is 2. The molecule has 0 unspecified atom stereocenters. The molecule has 0 bridgehead atoms. The summed E-state index contributed by atoms with van der Waals surface area (Å²) in [6.45, 7) is 0.766. The predicted octanol–water partition coefficient (Wildman–Crippen LogP) is 5.73. The molecule has 4 aromatic rings. The molecule has 0 spiro atoms. The Balaban J connectivity index is 1.71. The van der Waals surface area contributed by atoms with Crippen LogP contribution in [0, 0.1) is 17.1 Å². The number of pyridine rings is 2. The maximum Gasteiger partial charge on any atom is 0.214 e. The molecule has 0 aliphatic carbocycles. The summed E-state index contributed by atoms with van der Waals surface area (Å²) in [5.41, 5.74) is 4.00. The monoisotopic (exact) mass is 529 g/mol. The summed E-state index contributed by atoms with van der Waals surface area (Å²) in [5.74, 6) is 0.187. The molecule has 0 radical (unpaired) electrons. The maximum atomic E-state index is 13.6. The Labute approximate surface area is 211 Å². The van der Waals surface area contributed by atoms with Gasteiger partial charge in [0.1, 0.15) is 5.82 Å². The van der Waals surface area contributed by atoms with Gasteiger partial charge in [-0.15, -0.1) is 0 Å². The van der Waals surface area contributed by atoms with Gasteiger partial charge in [0.25, 0.3) is 0 Å². The van der Waals surface area contributed by atoms with Crippen molar-refractivity contribution < 1.29 is 9.18 Å². The third-order valence-electron chi connectivity index (χ3n) is 5.37. The fourth-order valence-corrected chi connectivity index (χ4v) is 4.21. The zero-order valence-corrected chi connectivity index (χ0v) is 20.2. The van der Waals surface area contributed by atoms with E-state index in [0.717, 1.165) is 17.5 Å². The fraction of sp³-hybridized carbons (Fsp3) is 0.111. The van der Waals surface area contributed by atoms with Crippen molar-refractivity contribution in [3.63, 3.8) is 0 Å². The Morgan fingerprint density at radius 3 is 2.66 bits per heavy atom. The van der Waals surface area contributed by atoms with Crippen LogP contribution >= 0.6 is 15.9 Å². The second kappa shape index (κ2) is 11.4. The molecule has 1 N–H and O–H groups in total. The molecule has 2 aromatic heterocycles. The number of amides is 1. The molecule has 8 heteroatoms.